The van der Waals surface area contributed by atoms with Gasteiger partial charge < -0.3 is 14.7 Å². The van der Waals surface area contributed by atoms with Gasteiger partial charge in [0.1, 0.15) is 12.2 Å². The highest BCUT2D eigenvalue weighted by Crippen LogP contribution is 2.27. The standard InChI is InChI=1S/C22H24FN3O2/c23-18-7-9-19(10-8-18)24-12-14-25(15-13-24)21(27)16-22(28)26-11-3-5-17-4-1-2-6-20(17)26/h1-2,4,6-10H,3,5,11-16H2. The number of carbonyl (C=O) groups is 2. The molecular weight excluding hydrogens is 357 g/mol. The van der Waals surface area contributed by atoms with Gasteiger partial charge in [0.05, 0.1) is 0 Å². The van der Waals surface area contributed by atoms with Crippen LogP contribution < -0.4 is 9.80 Å². The summed E-state index contributed by atoms with van der Waals surface area (Å²) in [5, 5.41) is 0. The summed E-state index contributed by atoms with van der Waals surface area (Å²) in [4.78, 5) is 31.1. The lowest BCUT2D eigenvalue weighted by atomic mass is 10.0. The molecule has 0 unspecified atom stereocenters. The molecule has 4 rings (SSSR count). The fourth-order valence-electron chi connectivity index (χ4n) is 4.00. The van der Waals surface area contributed by atoms with Crippen LogP contribution >= 0.6 is 0 Å². The minimum absolute atomic E-state index is 0.0924. The van der Waals surface area contributed by atoms with E-state index in [1.807, 2.05) is 24.3 Å². The molecule has 1 saturated heterocycles. The molecule has 2 aromatic carbocycles. The Bertz CT molecular complexity index is 860. The van der Waals surface area contributed by atoms with Crippen molar-refractivity contribution in [1.29, 1.82) is 0 Å². The minimum atomic E-state index is -0.254. The molecule has 0 bridgehead atoms. The maximum absolute atomic E-state index is 13.1. The summed E-state index contributed by atoms with van der Waals surface area (Å²) < 4.78 is 13.1. The van der Waals surface area contributed by atoms with Crippen LogP contribution in [-0.4, -0.2) is 49.4 Å². The SMILES string of the molecule is O=C(CC(=O)N1CCCc2ccccc21)N1CCN(c2ccc(F)cc2)CC1. The smallest absolute Gasteiger partial charge is 0.236 e. The molecule has 2 aliphatic rings. The summed E-state index contributed by atoms with van der Waals surface area (Å²) >= 11 is 0. The van der Waals surface area contributed by atoms with E-state index in [0.29, 0.717) is 32.7 Å². The molecule has 2 aliphatic heterocycles. The molecule has 0 aromatic heterocycles. The minimum Gasteiger partial charge on any atom is -0.368 e. The zero-order valence-corrected chi connectivity index (χ0v) is 15.8. The third-order valence-corrected chi connectivity index (χ3v) is 5.54. The molecule has 2 amide bonds. The average Bonchev–Trinajstić information content (AvgIpc) is 2.74. The summed E-state index contributed by atoms with van der Waals surface area (Å²) in [6.45, 7) is 3.16. The van der Waals surface area contributed by atoms with E-state index in [4.69, 9.17) is 0 Å². The Balaban J connectivity index is 1.34. The highest BCUT2D eigenvalue weighted by molar-refractivity contribution is 6.05. The summed E-state index contributed by atoms with van der Waals surface area (Å²) in [6.07, 6.45) is 1.80. The van der Waals surface area contributed by atoms with Crippen LogP contribution in [0.25, 0.3) is 0 Å². The molecule has 6 heteroatoms. The molecule has 1 fully saturated rings. The zero-order valence-electron chi connectivity index (χ0n) is 15.8. The van der Waals surface area contributed by atoms with Crippen LogP contribution in [0.5, 0.6) is 0 Å². The van der Waals surface area contributed by atoms with Crippen LogP contribution in [-0.2, 0) is 16.0 Å². The van der Waals surface area contributed by atoms with Crippen molar-refractivity contribution in [2.24, 2.45) is 0 Å². The van der Waals surface area contributed by atoms with E-state index in [0.717, 1.165) is 24.2 Å². The first-order valence-electron chi connectivity index (χ1n) is 9.78. The second-order valence-corrected chi connectivity index (χ2v) is 7.30. The van der Waals surface area contributed by atoms with Gasteiger partial charge in [0.15, 0.2) is 0 Å². The Morgan fingerprint density at radius 1 is 0.857 bits per heavy atom. The summed E-state index contributed by atoms with van der Waals surface area (Å²) in [6, 6.07) is 14.3. The normalized spacial score (nSPS) is 16.7. The van der Waals surface area contributed by atoms with Gasteiger partial charge in [0.25, 0.3) is 0 Å². The number of para-hydroxylation sites is 1. The molecule has 146 valence electrons. The average molecular weight is 381 g/mol. The van der Waals surface area contributed by atoms with Crippen molar-refractivity contribution in [2.45, 2.75) is 19.3 Å². The second-order valence-electron chi connectivity index (χ2n) is 7.30. The van der Waals surface area contributed by atoms with E-state index < -0.39 is 0 Å². The molecule has 2 heterocycles. The van der Waals surface area contributed by atoms with E-state index >= 15 is 0 Å². The maximum Gasteiger partial charge on any atom is 0.236 e. The van der Waals surface area contributed by atoms with E-state index in [2.05, 4.69) is 4.90 Å². The predicted octanol–water partition coefficient (Wildman–Crippen LogP) is 2.84. The number of benzene rings is 2. The van der Waals surface area contributed by atoms with Gasteiger partial charge in [-0.2, -0.15) is 0 Å². The summed E-state index contributed by atoms with van der Waals surface area (Å²) in [5.41, 5.74) is 3.06. The number of hydrogen-bond donors (Lipinski definition) is 0. The van der Waals surface area contributed by atoms with Crippen molar-refractivity contribution in [3.63, 3.8) is 0 Å². The number of piperazine rings is 1. The number of aryl methyl sites for hydroxylation is 1. The van der Waals surface area contributed by atoms with Crippen LogP contribution in [0.3, 0.4) is 0 Å². The summed E-state index contributed by atoms with van der Waals surface area (Å²) in [5.74, 6) is -0.500. The van der Waals surface area contributed by atoms with Gasteiger partial charge in [-0.15, -0.1) is 0 Å². The largest absolute Gasteiger partial charge is 0.368 e. The molecule has 2 aromatic rings. The molecule has 0 atom stereocenters. The van der Waals surface area contributed by atoms with Gasteiger partial charge in [-0.1, -0.05) is 18.2 Å². The van der Waals surface area contributed by atoms with Gasteiger partial charge in [-0.05, 0) is 48.7 Å². The topological polar surface area (TPSA) is 43.9 Å². The van der Waals surface area contributed by atoms with Crippen LogP contribution in [0.15, 0.2) is 48.5 Å². The lowest BCUT2D eigenvalue weighted by Crippen LogP contribution is -2.50. The van der Waals surface area contributed by atoms with E-state index in [1.165, 1.54) is 17.7 Å². The van der Waals surface area contributed by atoms with Crippen LogP contribution in [0.2, 0.25) is 0 Å². The zero-order chi connectivity index (χ0) is 19.5. The first kappa shape index (κ1) is 18.5. The van der Waals surface area contributed by atoms with Crippen molar-refractivity contribution in [3.05, 3.63) is 59.9 Å². The van der Waals surface area contributed by atoms with Crippen molar-refractivity contribution < 1.29 is 14.0 Å². The maximum atomic E-state index is 13.1. The third kappa shape index (κ3) is 3.86. The number of halogens is 1. The molecule has 0 radical (unpaired) electrons. The number of anilines is 2. The van der Waals surface area contributed by atoms with Crippen molar-refractivity contribution in [2.75, 3.05) is 42.5 Å². The van der Waals surface area contributed by atoms with Crippen molar-refractivity contribution >= 4 is 23.2 Å². The number of amides is 2. The lowest BCUT2D eigenvalue weighted by Gasteiger charge is -2.36. The molecule has 0 saturated carbocycles. The highest BCUT2D eigenvalue weighted by Gasteiger charge is 2.27. The fraction of sp³-hybridized carbons (Fsp3) is 0.364. The Kier molecular flexibility index (Phi) is 5.28. The van der Waals surface area contributed by atoms with Gasteiger partial charge in [-0.3, -0.25) is 9.59 Å². The quantitative estimate of drug-likeness (QED) is 0.768. The number of fused-ring (bicyclic) bond motifs is 1. The summed E-state index contributed by atoms with van der Waals surface area (Å²) in [7, 11) is 0. The first-order chi connectivity index (χ1) is 13.6. The van der Waals surface area contributed by atoms with Crippen molar-refractivity contribution in [3.8, 4) is 0 Å². The van der Waals surface area contributed by atoms with Gasteiger partial charge >= 0.3 is 0 Å². The Morgan fingerprint density at radius 2 is 1.57 bits per heavy atom. The first-order valence-corrected chi connectivity index (χ1v) is 9.78. The molecule has 0 spiro atoms. The second kappa shape index (κ2) is 8.00. The highest BCUT2D eigenvalue weighted by atomic mass is 19.1. The molecular formula is C22H24FN3O2. The Hall–Kier alpha value is -2.89. The molecule has 28 heavy (non-hydrogen) atoms. The number of nitrogens with zero attached hydrogens (tertiary/aromatic N) is 3. The van der Waals surface area contributed by atoms with Gasteiger partial charge in [-0.25, -0.2) is 4.39 Å². The van der Waals surface area contributed by atoms with E-state index in [9.17, 15) is 14.0 Å². The molecule has 0 aliphatic carbocycles. The molecule has 5 nitrogen and oxygen atoms in total. The number of carbonyl (C=O) groups excluding carboxylic acids is 2. The Labute approximate surface area is 164 Å². The number of rotatable bonds is 3. The predicted molar refractivity (Wildman–Crippen MR) is 107 cm³/mol. The van der Waals surface area contributed by atoms with Crippen LogP contribution in [0, 0.1) is 5.82 Å². The third-order valence-electron chi connectivity index (χ3n) is 5.54. The van der Waals surface area contributed by atoms with E-state index in [-0.39, 0.29) is 24.1 Å². The monoisotopic (exact) mass is 381 g/mol. The lowest BCUT2D eigenvalue weighted by molar-refractivity contribution is -0.135. The van der Waals surface area contributed by atoms with Crippen LogP contribution in [0.4, 0.5) is 15.8 Å². The van der Waals surface area contributed by atoms with Crippen LogP contribution in [0.1, 0.15) is 18.4 Å². The fourth-order valence-corrected chi connectivity index (χ4v) is 4.00. The van der Waals surface area contributed by atoms with Gasteiger partial charge in [0.2, 0.25) is 11.8 Å². The molecule has 0 N–H and O–H groups in total. The van der Waals surface area contributed by atoms with E-state index in [1.54, 1.807) is 21.9 Å². The number of hydrogen-bond acceptors (Lipinski definition) is 3. The van der Waals surface area contributed by atoms with Gasteiger partial charge in [0, 0.05) is 44.1 Å². The van der Waals surface area contributed by atoms with Crippen molar-refractivity contribution in [1.82, 2.24) is 4.90 Å². The Morgan fingerprint density at radius 3 is 2.32 bits per heavy atom.